The number of pyridine rings is 6. The quantitative estimate of drug-likeness (QED) is 0.225. The lowest BCUT2D eigenvalue weighted by atomic mass is 9.83. The van der Waals surface area contributed by atoms with Crippen molar-refractivity contribution < 1.29 is 0 Å². The van der Waals surface area contributed by atoms with Crippen molar-refractivity contribution in [2.75, 3.05) is 0 Å². The van der Waals surface area contributed by atoms with E-state index >= 15 is 0 Å². The van der Waals surface area contributed by atoms with Crippen molar-refractivity contribution in [1.29, 1.82) is 0 Å². The molecule has 3 radical (unpaired) electrons. The highest BCUT2D eigenvalue weighted by atomic mass is 14.8. The van der Waals surface area contributed by atoms with E-state index in [2.05, 4.69) is 54.6 Å². The standard InChI is InChI=1S/C39H21N6/c1-7-25-26-8-2-14-41-35(26)31(34(25)40-13-1)22-19-23(32-36-27(9-3-15-42-36)28-10-4-16-43-37(28)32)21-24(20-22)33-38-29(11-5-17-44-38)30-12-6-18-45-39(30)33/h1-21H. The van der Waals surface area contributed by atoms with Gasteiger partial charge in [0.15, 0.2) is 0 Å². The molecule has 3 aliphatic carbocycles. The first-order valence-corrected chi connectivity index (χ1v) is 14.9. The van der Waals surface area contributed by atoms with Crippen LogP contribution in [0.1, 0.15) is 50.9 Å². The maximum Gasteiger partial charge on any atom is 0.102 e. The molecule has 7 aromatic rings. The van der Waals surface area contributed by atoms with E-state index in [9.17, 15) is 0 Å². The second-order valence-electron chi connectivity index (χ2n) is 11.3. The number of aromatic nitrogens is 6. The lowest BCUT2D eigenvalue weighted by molar-refractivity contribution is 1.06. The van der Waals surface area contributed by atoms with Crippen LogP contribution < -0.4 is 0 Å². The molecule has 0 saturated carbocycles. The molecule has 0 fully saturated rings. The van der Waals surface area contributed by atoms with Gasteiger partial charge in [-0.2, -0.15) is 0 Å². The summed E-state index contributed by atoms with van der Waals surface area (Å²) in [7, 11) is 0. The molecule has 6 nitrogen and oxygen atoms in total. The molecule has 45 heavy (non-hydrogen) atoms. The minimum absolute atomic E-state index is 0.927. The highest BCUT2D eigenvalue weighted by Crippen LogP contribution is 2.51. The zero-order valence-electron chi connectivity index (χ0n) is 23.8. The Morgan fingerprint density at radius 2 is 0.467 bits per heavy atom. The highest BCUT2D eigenvalue weighted by Gasteiger charge is 2.39. The minimum Gasteiger partial charge on any atom is -0.259 e. The second-order valence-corrected chi connectivity index (χ2v) is 11.3. The fraction of sp³-hybridized carbons (Fsp3) is 0. The summed E-state index contributed by atoms with van der Waals surface area (Å²) in [6.07, 6.45) is 11.1. The van der Waals surface area contributed by atoms with E-state index in [4.69, 9.17) is 29.9 Å². The molecule has 10 rings (SSSR count). The largest absolute Gasteiger partial charge is 0.259 e. The number of hydrogen-bond donors (Lipinski definition) is 0. The van der Waals surface area contributed by atoms with Gasteiger partial charge >= 0.3 is 0 Å². The van der Waals surface area contributed by atoms with Crippen LogP contribution in [0.3, 0.4) is 0 Å². The number of benzene rings is 1. The van der Waals surface area contributed by atoms with Gasteiger partial charge in [0.2, 0.25) is 0 Å². The first-order chi connectivity index (χ1) is 22.3. The van der Waals surface area contributed by atoms with Crippen molar-refractivity contribution in [2.24, 2.45) is 0 Å². The van der Waals surface area contributed by atoms with E-state index in [0.29, 0.717) is 0 Å². The van der Waals surface area contributed by atoms with Crippen molar-refractivity contribution >= 4 is 0 Å². The van der Waals surface area contributed by atoms with Crippen LogP contribution in [0.4, 0.5) is 0 Å². The van der Waals surface area contributed by atoms with E-state index in [1.54, 1.807) is 0 Å². The Balaban J connectivity index is 1.26. The molecule has 0 saturated heterocycles. The first-order valence-electron chi connectivity index (χ1n) is 14.9. The van der Waals surface area contributed by atoms with Gasteiger partial charge in [-0.05, 0) is 53.1 Å². The molecule has 0 N–H and O–H groups in total. The Kier molecular flexibility index (Phi) is 5.08. The van der Waals surface area contributed by atoms with Crippen LogP contribution in [0.5, 0.6) is 0 Å². The molecule has 6 heteroatoms. The number of rotatable bonds is 3. The molecule has 0 unspecified atom stereocenters. The van der Waals surface area contributed by atoms with Gasteiger partial charge in [-0.25, -0.2) is 0 Å². The van der Waals surface area contributed by atoms with Gasteiger partial charge < -0.3 is 0 Å². The van der Waals surface area contributed by atoms with Crippen LogP contribution in [0.2, 0.25) is 0 Å². The normalized spacial score (nSPS) is 14.4. The summed E-state index contributed by atoms with van der Waals surface area (Å²) in [4.78, 5) is 29.3. The van der Waals surface area contributed by atoms with Gasteiger partial charge in [0.1, 0.15) is 17.8 Å². The van der Waals surface area contributed by atoms with E-state index in [-0.39, 0.29) is 0 Å². The molecule has 6 aromatic heterocycles. The SMILES string of the molecule is c1cnc2c(c1)-c1cccnc1[C]2c1cc([C]2c3ncccc3-c3cccnc32)cc([C]2c3ncccc3-c3cccnc32)c1. The van der Waals surface area contributed by atoms with Gasteiger partial charge in [0, 0.05) is 70.6 Å². The maximum absolute atomic E-state index is 4.89. The third kappa shape index (κ3) is 3.45. The fourth-order valence-corrected chi connectivity index (χ4v) is 7.15. The lowest BCUT2D eigenvalue weighted by Gasteiger charge is -2.21. The zero-order valence-corrected chi connectivity index (χ0v) is 23.8. The third-order valence-corrected chi connectivity index (χ3v) is 8.94. The number of hydrogen-bond acceptors (Lipinski definition) is 6. The van der Waals surface area contributed by atoms with Gasteiger partial charge in [-0.15, -0.1) is 0 Å². The number of fused-ring (bicyclic) bond motifs is 9. The summed E-state index contributed by atoms with van der Waals surface area (Å²) in [5.41, 5.74) is 15.1. The maximum atomic E-state index is 4.89. The second kappa shape index (κ2) is 9.31. The molecule has 207 valence electrons. The Morgan fingerprint density at radius 1 is 0.267 bits per heavy atom. The molecule has 0 atom stereocenters. The minimum atomic E-state index is 0.927. The summed E-state index contributed by atoms with van der Waals surface area (Å²) in [6.45, 7) is 0. The summed E-state index contributed by atoms with van der Waals surface area (Å²) in [6, 6.07) is 31.4. The van der Waals surface area contributed by atoms with Crippen LogP contribution in [0, 0.1) is 17.8 Å². The molecule has 0 aliphatic heterocycles. The van der Waals surface area contributed by atoms with Crippen molar-refractivity contribution in [2.45, 2.75) is 0 Å². The molecule has 3 aliphatic rings. The fourth-order valence-electron chi connectivity index (χ4n) is 7.15. The van der Waals surface area contributed by atoms with Crippen LogP contribution in [-0.2, 0) is 0 Å². The van der Waals surface area contributed by atoms with Crippen LogP contribution in [0.25, 0.3) is 33.4 Å². The van der Waals surface area contributed by atoms with Gasteiger partial charge in [-0.1, -0.05) is 54.6 Å². The molecule has 1 aromatic carbocycles. The average molecular weight is 574 g/mol. The van der Waals surface area contributed by atoms with Crippen molar-refractivity contribution in [1.82, 2.24) is 29.9 Å². The molecule has 6 heterocycles. The van der Waals surface area contributed by atoms with Crippen LogP contribution in [-0.4, -0.2) is 29.9 Å². The Morgan fingerprint density at radius 3 is 0.667 bits per heavy atom. The van der Waals surface area contributed by atoms with Gasteiger partial charge in [0.25, 0.3) is 0 Å². The van der Waals surface area contributed by atoms with E-state index in [1.165, 1.54) is 0 Å². The molecule has 0 amide bonds. The topological polar surface area (TPSA) is 77.3 Å². The average Bonchev–Trinajstić information content (AvgIpc) is 3.74. The molecule has 0 bridgehead atoms. The molecule has 0 spiro atoms. The summed E-state index contributed by atoms with van der Waals surface area (Å²) in [5, 5.41) is 0. The van der Waals surface area contributed by atoms with Crippen LogP contribution >= 0.6 is 0 Å². The van der Waals surface area contributed by atoms with E-state index < -0.39 is 0 Å². The number of nitrogens with zero attached hydrogens (tertiary/aromatic N) is 6. The molecular formula is C39H21N6. The summed E-state index contributed by atoms with van der Waals surface area (Å²) in [5.74, 6) is 3.02. The van der Waals surface area contributed by atoms with Crippen LogP contribution in [0.15, 0.2) is 128 Å². The van der Waals surface area contributed by atoms with Gasteiger partial charge in [0.05, 0.1) is 34.2 Å². The third-order valence-electron chi connectivity index (χ3n) is 8.94. The Hall–Kier alpha value is -5.88. The van der Waals surface area contributed by atoms with Gasteiger partial charge in [-0.3, -0.25) is 29.9 Å². The lowest BCUT2D eigenvalue weighted by Crippen LogP contribution is -2.12. The summed E-state index contributed by atoms with van der Waals surface area (Å²) < 4.78 is 0. The van der Waals surface area contributed by atoms with Crippen molar-refractivity contribution in [3.05, 3.63) is 197 Å². The van der Waals surface area contributed by atoms with E-state index in [1.807, 2.05) is 73.6 Å². The Bertz CT molecular complexity index is 1920. The smallest absolute Gasteiger partial charge is 0.102 e. The monoisotopic (exact) mass is 573 g/mol. The molecular weight excluding hydrogens is 552 g/mol. The zero-order chi connectivity index (χ0) is 29.5. The summed E-state index contributed by atoms with van der Waals surface area (Å²) >= 11 is 0. The van der Waals surface area contributed by atoms with Crippen molar-refractivity contribution in [3.8, 4) is 33.4 Å². The predicted molar refractivity (Wildman–Crippen MR) is 170 cm³/mol. The predicted octanol–water partition coefficient (Wildman–Crippen LogP) is 7.06. The highest BCUT2D eigenvalue weighted by molar-refractivity contribution is 5.88. The Labute approximate surface area is 259 Å². The van der Waals surface area contributed by atoms with E-state index in [0.717, 1.165) is 102 Å². The van der Waals surface area contributed by atoms with Crippen molar-refractivity contribution in [3.63, 3.8) is 0 Å². The first kappa shape index (κ1) is 24.6.